The topological polar surface area (TPSA) is 34.1 Å². The van der Waals surface area contributed by atoms with Crippen LogP contribution >= 0.6 is 24.0 Å². The lowest BCUT2D eigenvalue weighted by molar-refractivity contribution is 0.0372. The molecule has 0 aliphatic carbocycles. The van der Waals surface area contributed by atoms with Gasteiger partial charge in [0.25, 0.3) is 0 Å². The molecule has 1 aromatic carbocycles. The zero-order valence-corrected chi connectivity index (χ0v) is 21.8. The zero-order valence-electron chi connectivity index (χ0n) is 19.5. The third kappa shape index (κ3) is 6.81. The van der Waals surface area contributed by atoms with Crippen molar-refractivity contribution in [3.05, 3.63) is 35.9 Å². The number of nitrogens with one attached hydrogen (secondary N) is 1. The lowest BCUT2D eigenvalue weighted by Gasteiger charge is -2.48. The van der Waals surface area contributed by atoms with Crippen LogP contribution in [0.1, 0.15) is 44.1 Å². The monoisotopic (exact) mass is 539 g/mol. The summed E-state index contributed by atoms with van der Waals surface area (Å²) in [7, 11) is 4.19. The summed E-state index contributed by atoms with van der Waals surface area (Å²) in [6, 6.07) is 11.7. The number of rotatable bonds is 5. The fourth-order valence-corrected chi connectivity index (χ4v) is 5.78. The summed E-state index contributed by atoms with van der Waals surface area (Å²) in [4.78, 5) is 12.4. The molecule has 3 saturated heterocycles. The maximum Gasteiger partial charge on any atom is 0.193 e. The first-order chi connectivity index (χ1) is 14.7. The van der Waals surface area contributed by atoms with E-state index in [2.05, 4.69) is 62.4 Å². The van der Waals surface area contributed by atoms with Crippen molar-refractivity contribution in [2.24, 2.45) is 16.8 Å². The van der Waals surface area contributed by atoms with Gasteiger partial charge in [0.15, 0.2) is 5.96 Å². The molecule has 2 unspecified atom stereocenters. The summed E-state index contributed by atoms with van der Waals surface area (Å²) in [6.45, 7) is 8.21. The number of guanidine groups is 1. The highest BCUT2D eigenvalue weighted by Gasteiger charge is 2.36. The van der Waals surface area contributed by atoms with E-state index in [9.17, 15) is 0 Å². The Balaban J connectivity index is 0.00000272. The van der Waals surface area contributed by atoms with Crippen LogP contribution in [0.5, 0.6) is 0 Å². The second-order valence-electron chi connectivity index (χ2n) is 9.67. The Kier molecular flexibility index (Phi) is 9.91. The Labute approximate surface area is 206 Å². The number of nitrogens with zero attached hydrogens (tertiary/aromatic N) is 4. The van der Waals surface area contributed by atoms with Crippen molar-refractivity contribution in [2.45, 2.75) is 51.1 Å². The number of fused-ring (bicyclic) bond motifs is 1. The van der Waals surface area contributed by atoms with Crippen molar-refractivity contribution < 1.29 is 0 Å². The predicted octanol–water partition coefficient (Wildman–Crippen LogP) is 3.90. The molecule has 0 amide bonds. The maximum absolute atomic E-state index is 4.64. The van der Waals surface area contributed by atoms with E-state index in [1.54, 1.807) is 0 Å². The highest BCUT2D eigenvalue weighted by molar-refractivity contribution is 14.0. The van der Waals surface area contributed by atoms with Crippen molar-refractivity contribution in [1.82, 2.24) is 20.0 Å². The lowest BCUT2D eigenvalue weighted by Crippen LogP contribution is -2.56. The highest BCUT2D eigenvalue weighted by atomic mass is 127. The van der Waals surface area contributed by atoms with Gasteiger partial charge in [0.1, 0.15) is 0 Å². The minimum atomic E-state index is 0. The molecular weight excluding hydrogens is 497 g/mol. The van der Waals surface area contributed by atoms with E-state index in [4.69, 9.17) is 0 Å². The van der Waals surface area contributed by atoms with Gasteiger partial charge >= 0.3 is 0 Å². The molecule has 31 heavy (non-hydrogen) atoms. The number of hydrogen-bond acceptors (Lipinski definition) is 3. The van der Waals surface area contributed by atoms with E-state index in [0.717, 1.165) is 50.0 Å². The molecule has 2 atom stereocenters. The molecule has 3 aliphatic rings. The number of benzene rings is 1. The molecule has 174 valence electrons. The van der Waals surface area contributed by atoms with E-state index < -0.39 is 0 Å². The standard InChI is InChI=1S/C25H41N5.HI/c1-26-25(27-14-10-21-11-16-28(2)17-12-21)30-18-13-24-23(20-30)9-6-15-29(24)19-22-7-4-3-5-8-22;/h3-5,7-8,21,23-24H,6,9-20H2,1-2H3,(H,26,27);1H. The third-order valence-corrected chi connectivity index (χ3v) is 7.60. The average molecular weight is 540 g/mol. The van der Waals surface area contributed by atoms with Gasteiger partial charge in [0.2, 0.25) is 0 Å². The Hall–Kier alpha value is -0.860. The second-order valence-corrected chi connectivity index (χ2v) is 9.67. The Morgan fingerprint density at radius 1 is 1.03 bits per heavy atom. The van der Waals surface area contributed by atoms with E-state index in [-0.39, 0.29) is 24.0 Å². The van der Waals surface area contributed by atoms with Gasteiger partial charge in [-0.25, -0.2) is 0 Å². The molecule has 5 nitrogen and oxygen atoms in total. The molecule has 0 saturated carbocycles. The van der Waals surface area contributed by atoms with Crippen molar-refractivity contribution >= 4 is 29.9 Å². The summed E-state index contributed by atoms with van der Waals surface area (Å²) in [5.41, 5.74) is 1.45. The minimum absolute atomic E-state index is 0. The van der Waals surface area contributed by atoms with E-state index in [1.165, 1.54) is 63.7 Å². The first-order valence-corrected chi connectivity index (χ1v) is 12.1. The van der Waals surface area contributed by atoms with Crippen LogP contribution in [0, 0.1) is 11.8 Å². The average Bonchev–Trinajstić information content (AvgIpc) is 2.78. The normalized spacial score (nSPS) is 26.3. The number of aliphatic imine (C=N–C) groups is 1. The Morgan fingerprint density at radius 3 is 2.55 bits per heavy atom. The van der Waals surface area contributed by atoms with Crippen LogP contribution in [0.2, 0.25) is 0 Å². The van der Waals surface area contributed by atoms with Gasteiger partial charge in [-0.3, -0.25) is 9.89 Å². The van der Waals surface area contributed by atoms with Gasteiger partial charge in [0.05, 0.1) is 0 Å². The maximum atomic E-state index is 4.64. The van der Waals surface area contributed by atoms with Crippen LogP contribution in [0.4, 0.5) is 0 Å². The van der Waals surface area contributed by atoms with Crippen molar-refractivity contribution in [3.8, 4) is 0 Å². The van der Waals surface area contributed by atoms with E-state index in [1.807, 2.05) is 7.05 Å². The van der Waals surface area contributed by atoms with Crippen LogP contribution < -0.4 is 5.32 Å². The van der Waals surface area contributed by atoms with Crippen LogP contribution in [-0.4, -0.2) is 80.1 Å². The molecule has 0 spiro atoms. The molecule has 0 radical (unpaired) electrons. The Bertz CT molecular complexity index is 674. The molecule has 3 heterocycles. The van der Waals surface area contributed by atoms with Gasteiger partial charge in [0, 0.05) is 39.3 Å². The van der Waals surface area contributed by atoms with Gasteiger partial charge in [-0.1, -0.05) is 30.3 Å². The summed E-state index contributed by atoms with van der Waals surface area (Å²) in [5, 5.41) is 3.69. The van der Waals surface area contributed by atoms with Crippen LogP contribution in [0.25, 0.3) is 0 Å². The molecule has 1 N–H and O–H groups in total. The fourth-order valence-electron chi connectivity index (χ4n) is 5.78. The molecular formula is C25H42IN5. The number of hydrogen-bond donors (Lipinski definition) is 1. The van der Waals surface area contributed by atoms with Crippen molar-refractivity contribution in [3.63, 3.8) is 0 Å². The van der Waals surface area contributed by atoms with Gasteiger partial charge in [-0.05, 0) is 82.6 Å². The van der Waals surface area contributed by atoms with Gasteiger partial charge in [-0.2, -0.15) is 0 Å². The number of halogens is 1. The molecule has 1 aromatic rings. The van der Waals surface area contributed by atoms with Crippen LogP contribution in [0.15, 0.2) is 35.3 Å². The minimum Gasteiger partial charge on any atom is -0.356 e. The molecule has 0 aromatic heterocycles. The Morgan fingerprint density at radius 2 is 1.81 bits per heavy atom. The smallest absolute Gasteiger partial charge is 0.193 e. The lowest BCUT2D eigenvalue weighted by atomic mass is 9.83. The van der Waals surface area contributed by atoms with Crippen LogP contribution in [-0.2, 0) is 6.54 Å². The van der Waals surface area contributed by atoms with Gasteiger partial charge in [-0.15, -0.1) is 24.0 Å². The number of piperidine rings is 3. The first kappa shape index (κ1) is 24.8. The van der Waals surface area contributed by atoms with Crippen LogP contribution in [0.3, 0.4) is 0 Å². The molecule has 3 aliphatic heterocycles. The van der Waals surface area contributed by atoms with E-state index >= 15 is 0 Å². The third-order valence-electron chi connectivity index (χ3n) is 7.60. The number of likely N-dealkylation sites (tertiary alicyclic amines) is 3. The largest absolute Gasteiger partial charge is 0.356 e. The summed E-state index contributed by atoms with van der Waals surface area (Å²) in [5.74, 6) is 2.77. The SMILES string of the molecule is CN=C(NCCC1CCN(C)CC1)N1CCC2C(CCCN2Cc2ccccc2)C1.I. The van der Waals surface area contributed by atoms with Crippen molar-refractivity contribution in [1.29, 1.82) is 0 Å². The summed E-state index contributed by atoms with van der Waals surface area (Å²) < 4.78 is 0. The van der Waals surface area contributed by atoms with Gasteiger partial charge < -0.3 is 15.1 Å². The highest BCUT2D eigenvalue weighted by Crippen LogP contribution is 2.31. The fraction of sp³-hybridized carbons (Fsp3) is 0.720. The molecule has 0 bridgehead atoms. The molecule has 4 rings (SSSR count). The molecule has 6 heteroatoms. The predicted molar refractivity (Wildman–Crippen MR) is 141 cm³/mol. The zero-order chi connectivity index (χ0) is 20.8. The quantitative estimate of drug-likeness (QED) is 0.350. The second kappa shape index (κ2) is 12.4. The molecule has 3 fully saturated rings. The first-order valence-electron chi connectivity index (χ1n) is 12.1. The summed E-state index contributed by atoms with van der Waals surface area (Å²) >= 11 is 0. The van der Waals surface area contributed by atoms with E-state index in [0.29, 0.717) is 0 Å². The summed E-state index contributed by atoms with van der Waals surface area (Å²) in [6.07, 6.45) is 7.91. The van der Waals surface area contributed by atoms with Crippen molar-refractivity contribution in [2.75, 3.05) is 53.4 Å².